The van der Waals surface area contributed by atoms with Crippen molar-refractivity contribution in [2.45, 2.75) is 38.8 Å². The lowest BCUT2D eigenvalue weighted by Crippen LogP contribution is -2.35. The number of aromatic nitrogens is 1. The highest BCUT2D eigenvalue weighted by Crippen LogP contribution is 2.23. The molecule has 2 atom stereocenters. The number of fused-ring (bicyclic) bond motifs is 1. The van der Waals surface area contributed by atoms with Crippen LogP contribution in [-0.4, -0.2) is 35.6 Å². The lowest BCUT2D eigenvalue weighted by atomic mass is 10.0. The molecule has 0 saturated carbocycles. The van der Waals surface area contributed by atoms with Crippen molar-refractivity contribution in [3.05, 3.63) is 36.0 Å². The zero-order chi connectivity index (χ0) is 17.9. The van der Waals surface area contributed by atoms with Gasteiger partial charge in [0.05, 0.1) is 18.7 Å². The van der Waals surface area contributed by atoms with Crippen molar-refractivity contribution >= 4 is 22.8 Å². The first kappa shape index (κ1) is 18.2. The van der Waals surface area contributed by atoms with E-state index >= 15 is 0 Å². The molecule has 6 heteroatoms. The summed E-state index contributed by atoms with van der Waals surface area (Å²) >= 11 is 0. The summed E-state index contributed by atoms with van der Waals surface area (Å²) < 4.78 is 6.25. The maximum atomic E-state index is 12.7. The molecule has 1 aromatic carbocycles. The van der Waals surface area contributed by atoms with E-state index in [0.29, 0.717) is 18.8 Å². The number of hydrogen-bond acceptors (Lipinski definition) is 5. The van der Waals surface area contributed by atoms with Gasteiger partial charge in [0.2, 0.25) is 5.91 Å². The molecule has 4 N–H and O–H groups in total. The Morgan fingerprint density at radius 3 is 2.46 bits per heavy atom. The Morgan fingerprint density at radius 2 is 1.83 bits per heavy atom. The molecule has 1 heterocycles. The van der Waals surface area contributed by atoms with E-state index in [4.69, 9.17) is 11.5 Å². The van der Waals surface area contributed by atoms with Gasteiger partial charge in [0.25, 0.3) is 0 Å². The van der Waals surface area contributed by atoms with Gasteiger partial charge in [0, 0.05) is 18.0 Å². The number of esters is 1. The lowest BCUT2D eigenvalue weighted by Gasteiger charge is -2.14. The van der Waals surface area contributed by atoms with Crippen LogP contribution in [0.25, 0.3) is 10.9 Å². The number of ether oxygens (including phenoxy) is 1. The van der Waals surface area contributed by atoms with E-state index in [0.717, 1.165) is 16.5 Å². The van der Waals surface area contributed by atoms with Crippen molar-refractivity contribution in [1.82, 2.24) is 4.57 Å². The minimum absolute atomic E-state index is 0.155. The Balaban J connectivity index is 2.38. The van der Waals surface area contributed by atoms with Crippen LogP contribution in [0.3, 0.4) is 0 Å². The zero-order valence-electron chi connectivity index (χ0n) is 14.4. The van der Waals surface area contributed by atoms with Crippen LogP contribution in [0, 0.1) is 5.92 Å². The third-order valence-electron chi connectivity index (χ3n) is 4.02. The number of benzene rings is 1. The zero-order valence-corrected chi connectivity index (χ0v) is 14.4. The molecule has 0 bridgehead atoms. The second-order valence-electron chi connectivity index (χ2n) is 6.45. The lowest BCUT2D eigenvalue weighted by molar-refractivity contribution is -0.142. The summed E-state index contributed by atoms with van der Waals surface area (Å²) in [5.41, 5.74) is 13.5. The van der Waals surface area contributed by atoms with Gasteiger partial charge in [-0.2, -0.15) is 0 Å². The number of carbonyl (C=O) groups is 2. The number of nitrogens with zero attached hydrogens (tertiary/aromatic N) is 1. The van der Waals surface area contributed by atoms with Crippen molar-refractivity contribution in [3.8, 4) is 0 Å². The van der Waals surface area contributed by atoms with Crippen molar-refractivity contribution in [1.29, 1.82) is 0 Å². The first-order valence-corrected chi connectivity index (χ1v) is 8.07. The summed E-state index contributed by atoms with van der Waals surface area (Å²) in [6, 6.07) is 6.19. The number of nitrogens with two attached hydrogens (primary N) is 2. The smallest absolute Gasteiger partial charge is 0.322 e. The molecule has 130 valence electrons. The van der Waals surface area contributed by atoms with E-state index in [1.165, 1.54) is 7.11 Å². The van der Waals surface area contributed by atoms with E-state index in [9.17, 15) is 9.59 Å². The van der Waals surface area contributed by atoms with Crippen LogP contribution >= 0.6 is 0 Å². The molecule has 0 radical (unpaired) electrons. The highest BCUT2D eigenvalue weighted by atomic mass is 16.5. The molecule has 0 amide bonds. The quantitative estimate of drug-likeness (QED) is 0.785. The second kappa shape index (κ2) is 7.59. The maximum absolute atomic E-state index is 12.7. The monoisotopic (exact) mass is 331 g/mol. The molecule has 2 rings (SSSR count). The van der Waals surface area contributed by atoms with Crippen LogP contribution in [0.2, 0.25) is 0 Å². The van der Waals surface area contributed by atoms with Crippen molar-refractivity contribution in [3.63, 3.8) is 0 Å². The van der Waals surface area contributed by atoms with Crippen LogP contribution in [0.5, 0.6) is 0 Å². The van der Waals surface area contributed by atoms with Gasteiger partial charge in [0.1, 0.15) is 6.04 Å². The molecule has 6 nitrogen and oxygen atoms in total. The average Bonchev–Trinajstić information content (AvgIpc) is 2.91. The molecular weight excluding hydrogens is 306 g/mol. The summed E-state index contributed by atoms with van der Waals surface area (Å²) in [5, 5.41) is 0.891. The van der Waals surface area contributed by atoms with Gasteiger partial charge in [-0.3, -0.25) is 14.2 Å². The first-order valence-electron chi connectivity index (χ1n) is 8.07. The average molecular weight is 331 g/mol. The number of rotatable bonds is 6. The summed E-state index contributed by atoms with van der Waals surface area (Å²) in [7, 11) is 1.31. The Hall–Kier alpha value is -2.18. The molecule has 0 saturated heterocycles. The molecule has 0 aliphatic carbocycles. The summed E-state index contributed by atoms with van der Waals surface area (Å²) in [5.74, 6) is -0.301. The van der Waals surface area contributed by atoms with Gasteiger partial charge >= 0.3 is 5.97 Å². The minimum Gasteiger partial charge on any atom is -0.468 e. The summed E-state index contributed by atoms with van der Waals surface area (Å²) in [6.45, 7) is 4.06. The standard InChI is InChI=1S/C18H25N3O3/c1-11(2)8-14(19)17(22)21-10-12(9-15(20)18(23)24-3)13-6-4-5-7-16(13)21/h4-7,10-11,14-15H,8-9,19-20H2,1-3H3/t14-,15-/m0/s1. The van der Waals surface area contributed by atoms with Gasteiger partial charge < -0.3 is 16.2 Å². The Morgan fingerprint density at radius 1 is 1.17 bits per heavy atom. The minimum atomic E-state index is -0.770. The van der Waals surface area contributed by atoms with Gasteiger partial charge in [-0.15, -0.1) is 0 Å². The van der Waals surface area contributed by atoms with E-state index < -0.39 is 18.1 Å². The van der Waals surface area contributed by atoms with E-state index in [2.05, 4.69) is 4.74 Å². The SMILES string of the molecule is COC(=O)[C@@H](N)Cc1cn(C(=O)[C@@H](N)CC(C)C)c2ccccc12. The highest BCUT2D eigenvalue weighted by molar-refractivity contribution is 5.96. The fraction of sp³-hybridized carbons (Fsp3) is 0.444. The molecule has 0 fully saturated rings. The normalized spacial score (nSPS) is 13.9. The van der Waals surface area contributed by atoms with Gasteiger partial charge in [-0.1, -0.05) is 32.0 Å². The molecular formula is C18H25N3O3. The largest absolute Gasteiger partial charge is 0.468 e. The van der Waals surface area contributed by atoms with Crippen LogP contribution in [0.1, 0.15) is 30.6 Å². The third kappa shape index (κ3) is 3.83. The topological polar surface area (TPSA) is 100 Å². The summed E-state index contributed by atoms with van der Waals surface area (Å²) in [6.07, 6.45) is 2.64. The fourth-order valence-corrected chi connectivity index (χ4v) is 2.85. The molecule has 0 unspecified atom stereocenters. The molecule has 0 aliphatic heterocycles. The van der Waals surface area contributed by atoms with Crippen LogP contribution in [0.15, 0.2) is 30.5 Å². The Bertz CT molecular complexity index is 736. The molecule has 0 aliphatic rings. The van der Waals surface area contributed by atoms with Gasteiger partial charge in [-0.05, 0) is 24.0 Å². The van der Waals surface area contributed by atoms with E-state index in [-0.39, 0.29) is 5.91 Å². The number of para-hydroxylation sites is 1. The summed E-state index contributed by atoms with van der Waals surface area (Å²) in [4.78, 5) is 24.3. The second-order valence-corrected chi connectivity index (χ2v) is 6.45. The molecule has 1 aromatic heterocycles. The van der Waals surface area contributed by atoms with Crippen LogP contribution in [-0.2, 0) is 16.0 Å². The van der Waals surface area contributed by atoms with Crippen LogP contribution in [0.4, 0.5) is 0 Å². The molecule has 0 spiro atoms. The van der Waals surface area contributed by atoms with Crippen molar-refractivity contribution in [2.75, 3.05) is 7.11 Å². The third-order valence-corrected chi connectivity index (χ3v) is 4.02. The predicted molar refractivity (Wildman–Crippen MR) is 93.7 cm³/mol. The van der Waals surface area contributed by atoms with Crippen molar-refractivity contribution in [2.24, 2.45) is 17.4 Å². The van der Waals surface area contributed by atoms with E-state index in [1.54, 1.807) is 10.8 Å². The number of carbonyl (C=O) groups excluding carboxylic acids is 2. The molecule has 24 heavy (non-hydrogen) atoms. The fourth-order valence-electron chi connectivity index (χ4n) is 2.85. The first-order chi connectivity index (χ1) is 11.3. The number of methoxy groups -OCH3 is 1. The number of hydrogen-bond donors (Lipinski definition) is 2. The highest BCUT2D eigenvalue weighted by Gasteiger charge is 2.22. The van der Waals surface area contributed by atoms with E-state index in [1.807, 2.05) is 38.1 Å². The predicted octanol–water partition coefficient (Wildman–Crippen LogP) is 1.70. The Kier molecular flexibility index (Phi) is 5.75. The van der Waals surface area contributed by atoms with Crippen LogP contribution < -0.4 is 11.5 Å². The maximum Gasteiger partial charge on any atom is 0.322 e. The molecule has 2 aromatic rings. The van der Waals surface area contributed by atoms with Gasteiger partial charge in [-0.25, -0.2) is 0 Å². The Labute approximate surface area is 141 Å². The van der Waals surface area contributed by atoms with Crippen molar-refractivity contribution < 1.29 is 14.3 Å². The van der Waals surface area contributed by atoms with Gasteiger partial charge in [0.15, 0.2) is 0 Å².